The van der Waals surface area contributed by atoms with Crippen LogP contribution < -0.4 is 5.43 Å². The van der Waals surface area contributed by atoms with Gasteiger partial charge in [-0.1, -0.05) is 48.0 Å². The van der Waals surface area contributed by atoms with Gasteiger partial charge < -0.3 is 0 Å². The van der Waals surface area contributed by atoms with Gasteiger partial charge in [0, 0.05) is 0 Å². The highest BCUT2D eigenvalue weighted by molar-refractivity contribution is 6.28. The van der Waals surface area contributed by atoms with Gasteiger partial charge in [0.25, 0.3) is 0 Å². The molecule has 0 bridgehead atoms. The summed E-state index contributed by atoms with van der Waals surface area (Å²) < 4.78 is 1.72. The number of para-hydroxylation sites is 1. The molecule has 7 heteroatoms. The van der Waals surface area contributed by atoms with E-state index in [1.165, 1.54) is 5.56 Å². The lowest BCUT2D eigenvalue weighted by molar-refractivity contribution is 0.895. The molecule has 0 aliphatic carbocycles. The Morgan fingerprint density at radius 3 is 2.73 bits per heavy atom. The molecule has 1 N–H and O–H groups in total. The van der Waals surface area contributed by atoms with Gasteiger partial charge in [-0.25, -0.2) is 4.68 Å². The van der Waals surface area contributed by atoms with Crippen LogP contribution in [0.3, 0.4) is 0 Å². The molecule has 128 valence electrons. The van der Waals surface area contributed by atoms with Crippen molar-refractivity contribution in [3.8, 4) is 5.69 Å². The molecule has 0 atom stereocenters. The van der Waals surface area contributed by atoms with Crippen LogP contribution in [-0.4, -0.2) is 26.0 Å². The summed E-state index contributed by atoms with van der Waals surface area (Å²) in [5, 5.41) is 9.54. The summed E-state index contributed by atoms with van der Waals surface area (Å²) in [6.45, 7) is 2.04. The summed E-state index contributed by atoms with van der Waals surface area (Å²) in [7, 11) is 0. The number of hydrogen-bond donors (Lipinski definition) is 1. The van der Waals surface area contributed by atoms with E-state index in [4.69, 9.17) is 11.6 Å². The van der Waals surface area contributed by atoms with Crippen LogP contribution in [0, 0.1) is 6.92 Å². The standard InChI is InChI=1S/C19H15ClN6/c1-13-6-5-7-14(10-13)11-21-25-17-16-12-22-26(15-8-3-2-4-9-15)18(16)24-19(20)23-17/h2-12H,1H3,(H,23,24,25). The Hall–Kier alpha value is -3.25. The van der Waals surface area contributed by atoms with Gasteiger partial charge in [0.1, 0.15) is 0 Å². The Balaban J connectivity index is 1.69. The summed E-state index contributed by atoms with van der Waals surface area (Å²) in [6, 6.07) is 17.8. The Labute approximate surface area is 155 Å². The molecule has 0 fully saturated rings. The minimum Gasteiger partial charge on any atom is -0.261 e. The van der Waals surface area contributed by atoms with Gasteiger partial charge in [-0.3, -0.25) is 5.43 Å². The van der Waals surface area contributed by atoms with E-state index in [9.17, 15) is 0 Å². The number of anilines is 1. The summed E-state index contributed by atoms with van der Waals surface area (Å²) in [5.41, 5.74) is 6.62. The van der Waals surface area contributed by atoms with E-state index in [1.54, 1.807) is 17.1 Å². The van der Waals surface area contributed by atoms with Crippen LogP contribution in [0.2, 0.25) is 5.28 Å². The van der Waals surface area contributed by atoms with Gasteiger partial charge in [-0.15, -0.1) is 0 Å². The average molecular weight is 363 g/mol. The molecule has 26 heavy (non-hydrogen) atoms. The molecule has 2 heterocycles. The van der Waals surface area contributed by atoms with Gasteiger partial charge in [0.05, 0.1) is 23.5 Å². The molecule has 2 aromatic heterocycles. The number of halogens is 1. The Kier molecular flexibility index (Phi) is 4.33. The zero-order chi connectivity index (χ0) is 17.9. The predicted octanol–water partition coefficient (Wildman–Crippen LogP) is 4.22. The van der Waals surface area contributed by atoms with E-state index in [0.717, 1.165) is 16.6 Å². The number of hydrogen-bond acceptors (Lipinski definition) is 5. The van der Waals surface area contributed by atoms with E-state index < -0.39 is 0 Å². The van der Waals surface area contributed by atoms with Crippen molar-refractivity contribution in [1.82, 2.24) is 19.7 Å². The number of hydrazone groups is 1. The fraction of sp³-hybridized carbons (Fsp3) is 0.0526. The summed E-state index contributed by atoms with van der Waals surface area (Å²) in [6.07, 6.45) is 3.43. The maximum absolute atomic E-state index is 6.10. The lowest BCUT2D eigenvalue weighted by atomic mass is 10.2. The van der Waals surface area contributed by atoms with Crippen LogP contribution in [0.15, 0.2) is 65.9 Å². The number of benzene rings is 2. The van der Waals surface area contributed by atoms with Crippen LogP contribution in [0.4, 0.5) is 5.82 Å². The number of rotatable bonds is 4. The van der Waals surface area contributed by atoms with Crippen LogP contribution in [0.25, 0.3) is 16.7 Å². The van der Waals surface area contributed by atoms with Crippen LogP contribution in [-0.2, 0) is 0 Å². The first-order valence-corrected chi connectivity index (χ1v) is 8.41. The van der Waals surface area contributed by atoms with Crippen molar-refractivity contribution < 1.29 is 0 Å². The molecule has 6 nitrogen and oxygen atoms in total. The highest BCUT2D eigenvalue weighted by Gasteiger charge is 2.12. The van der Waals surface area contributed by atoms with Crippen molar-refractivity contribution in [3.63, 3.8) is 0 Å². The second-order valence-corrected chi connectivity index (χ2v) is 6.09. The van der Waals surface area contributed by atoms with Gasteiger partial charge in [0.2, 0.25) is 5.28 Å². The number of nitrogens with one attached hydrogen (secondary N) is 1. The minimum absolute atomic E-state index is 0.128. The minimum atomic E-state index is 0.128. The predicted molar refractivity (Wildman–Crippen MR) is 104 cm³/mol. The molecule has 0 unspecified atom stereocenters. The molecule has 2 aromatic carbocycles. The van der Waals surface area contributed by atoms with Crippen molar-refractivity contribution in [1.29, 1.82) is 0 Å². The van der Waals surface area contributed by atoms with Crippen LogP contribution in [0.5, 0.6) is 0 Å². The Morgan fingerprint density at radius 2 is 1.92 bits per heavy atom. The molecule has 0 aliphatic rings. The van der Waals surface area contributed by atoms with Crippen molar-refractivity contribution in [3.05, 3.63) is 77.2 Å². The first-order valence-electron chi connectivity index (χ1n) is 8.03. The van der Waals surface area contributed by atoms with E-state index in [1.807, 2.05) is 61.5 Å². The molecule has 0 amide bonds. The first kappa shape index (κ1) is 16.2. The smallest absolute Gasteiger partial charge is 0.226 e. The maximum Gasteiger partial charge on any atom is 0.226 e. The molecule has 0 saturated heterocycles. The van der Waals surface area contributed by atoms with E-state index in [2.05, 4.69) is 25.6 Å². The topological polar surface area (TPSA) is 68.0 Å². The molecule has 0 saturated carbocycles. The quantitative estimate of drug-likeness (QED) is 0.335. The normalized spacial score (nSPS) is 11.3. The third-order valence-corrected chi connectivity index (χ3v) is 4.00. The zero-order valence-electron chi connectivity index (χ0n) is 14.0. The highest BCUT2D eigenvalue weighted by Crippen LogP contribution is 2.24. The van der Waals surface area contributed by atoms with Gasteiger partial charge in [-0.05, 0) is 36.2 Å². The van der Waals surface area contributed by atoms with Crippen LogP contribution >= 0.6 is 11.6 Å². The van der Waals surface area contributed by atoms with Gasteiger partial charge in [0.15, 0.2) is 11.5 Å². The summed E-state index contributed by atoms with van der Waals surface area (Å²) in [4.78, 5) is 8.55. The monoisotopic (exact) mass is 362 g/mol. The summed E-state index contributed by atoms with van der Waals surface area (Å²) in [5.74, 6) is 0.506. The number of aromatic nitrogens is 4. The van der Waals surface area contributed by atoms with Crippen molar-refractivity contribution in [2.45, 2.75) is 6.92 Å². The first-order chi connectivity index (χ1) is 12.7. The molecular weight excluding hydrogens is 348 g/mol. The number of nitrogens with zero attached hydrogens (tertiary/aromatic N) is 5. The second-order valence-electron chi connectivity index (χ2n) is 5.75. The van der Waals surface area contributed by atoms with Gasteiger partial charge >= 0.3 is 0 Å². The third kappa shape index (κ3) is 3.27. The number of fused-ring (bicyclic) bond motifs is 1. The fourth-order valence-corrected chi connectivity index (χ4v) is 2.81. The largest absolute Gasteiger partial charge is 0.261 e. The zero-order valence-corrected chi connectivity index (χ0v) is 14.7. The molecular formula is C19H15ClN6. The van der Waals surface area contributed by atoms with E-state index >= 15 is 0 Å². The lowest BCUT2D eigenvalue weighted by Gasteiger charge is -2.05. The Morgan fingerprint density at radius 1 is 1.08 bits per heavy atom. The van der Waals surface area contributed by atoms with Crippen LogP contribution in [0.1, 0.15) is 11.1 Å². The highest BCUT2D eigenvalue weighted by atomic mass is 35.5. The molecule has 4 rings (SSSR count). The molecule has 0 spiro atoms. The maximum atomic E-state index is 6.10. The average Bonchev–Trinajstić information content (AvgIpc) is 3.06. The van der Waals surface area contributed by atoms with Crippen molar-refractivity contribution in [2.24, 2.45) is 5.10 Å². The van der Waals surface area contributed by atoms with E-state index in [0.29, 0.717) is 11.5 Å². The van der Waals surface area contributed by atoms with Crippen molar-refractivity contribution >= 4 is 34.7 Å². The summed E-state index contributed by atoms with van der Waals surface area (Å²) >= 11 is 6.10. The van der Waals surface area contributed by atoms with Crippen molar-refractivity contribution in [2.75, 3.05) is 5.43 Å². The SMILES string of the molecule is Cc1cccc(C=NNc2nc(Cl)nc3c2cnn3-c2ccccc2)c1. The van der Waals surface area contributed by atoms with E-state index in [-0.39, 0.29) is 5.28 Å². The molecule has 0 radical (unpaired) electrons. The third-order valence-electron chi connectivity index (χ3n) is 3.83. The second kappa shape index (κ2) is 6.93. The molecule has 4 aromatic rings. The molecule has 0 aliphatic heterocycles. The van der Waals surface area contributed by atoms with Gasteiger partial charge in [-0.2, -0.15) is 20.2 Å². The number of aryl methyl sites for hydroxylation is 1. The lowest BCUT2D eigenvalue weighted by Crippen LogP contribution is -2.00. The fourth-order valence-electron chi connectivity index (χ4n) is 2.64. The Bertz CT molecular complexity index is 1090.